The number of aliphatic hydroxyl groups is 1. The normalized spacial score (nSPS) is 14.2. The summed E-state index contributed by atoms with van der Waals surface area (Å²) >= 11 is 0. The van der Waals surface area contributed by atoms with Gasteiger partial charge in [-0.25, -0.2) is 4.79 Å². The lowest BCUT2D eigenvalue weighted by Crippen LogP contribution is -2.58. The van der Waals surface area contributed by atoms with Gasteiger partial charge in [-0.1, -0.05) is 0 Å². The van der Waals surface area contributed by atoms with Gasteiger partial charge in [0.05, 0.1) is 25.5 Å². The second kappa shape index (κ2) is 13.5. The van der Waals surface area contributed by atoms with E-state index in [1.807, 2.05) is 5.32 Å². The zero-order valence-corrected chi connectivity index (χ0v) is 16.9. The first-order valence-corrected chi connectivity index (χ1v) is 9.13. The van der Waals surface area contributed by atoms with Gasteiger partial charge in [-0.2, -0.15) is 0 Å². The fourth-order valence-electron chi connectivity index (χ4n) is 2.28. The largest absolute Gasteiger partial charge is 0.480 e. The molecular formula is C16H27N7O9. The Hall–Kier alpha value is -3.79. The van der Waals surface area contributed by atoms with Gasteiger partial charge in [-0.3, -0.25) is 28.8 Å². The fraction of sp³-hybridized carbons (Fsp3) is 0.562. The number of carbonyl (C=O) groups excluding carboxylic acids is 6. The van der Waals surface area contributed by atoms with E-state index in [4.69, 9.17) is 33.1 Å². The summed E-state index contributed by atoms with van der Waals surface area (Å²) < 4.78 is 0. The van der Waals surface area contributed by atoms with Crippen LogP contribution in [-0.4, -0.2) is 82.4 Å². The van der Waals surface area contributed by atoms with E-state index in [2.05, 4.69) is 10.6 Å². The van der Waals surface area contributed by atoms with Crippen molar-refractivity contribution in [1.82, 2.24) is 16.0 Å². The van der Waals surface area contributed by atoms with Crippen molar-refractivity contribution in [3.05, 3.63) is 0 Å². The Labute approximate surface area is 181 Å². The van der Waals surface area contributed by atoms with Crippen LogP contribution in [0.3, 0.4) is 0 Å². The molecule has 0 rings (SSSR count). The van der Waals surface area contributed by atoms with E-state index in [0.29, 0.717) is 0 Å². The van der Waals surface area contributed by atoms with Gasteiger partial charge >= 0.3 is 5.97 Å². The van der Waals surface area contributed by atoms with Crippen molar-refractivity contribution in [2.45, 2.75) is 49.9 Å². The van der Waals surface area contributed by atoms with E-state index in [0.717, 1.165) is 0 Å². The molecule has 0 radical (unpaired) electrons. The van der Waals surface area contributed by atoms with Gasteiger partial charge in [0.2, 0.25) is 35.4 Å². The Morgan fingerprint density at radius 1 is 0.688 bits per heavy atom. The molecule has 0 heterocycles. The molecule has 0 saturated carbocycles. The van der Waals surface area contributed by atoms with Gasteiger partial charge in [0.15, 0.2) is 0 Å². The van der Waals surface area contributed by atoms with Crippen molar-refractivity contribution < 1.29 is 43.8 Å². The van der Waals surface area contributed by atoms with Crippen LogP contribution in [0.25, 0.3) is 0 Å². The number of aliphatic hydroxyl groups excluding tert-OH is 1. The summed E-state index contributed by atoms with van der Waals surface area (Å²) in [7, 11) is 0. The molecule has 0 aromatic heterocycles. The molecule has 180 valence electrons. The molecule has 6 amide bonds. The Bertz CT molecular complexity index is 758. The smallest absolute Gasteiger partial charge is 0.328 e. The van der Waals surface area contributed by atoms with Crippen molar-refractivity contribution >= 4 is 41.4 Å². The molecule has 0 aliphatic carbocycles. The number of hydrogen-bond acceptors (Lipinski definition) is 9. The number of rotatable bonds is 15. The van der Waals surface area contributed by atoms with Crippen LogP contribution in [0.4, 0.5) is 0 Å². The van der Waals surface area contributed by atoms with Gasteiger partial charge in [0.25, 0.3) is 0 Å². The first-order chi connectivity index (χ1) is 14.8. The second-order valence-electron chi connectivity index (χ2n) is 6.66. The minimum Gasteiger partial charge on any atom is -0.480 e. The standard InChI is InChI=1S/C16H27N7O9/c17-6(3-11(19)26)13(28)21-7(1-2-10(18)25)14(29)22-8(4-12(20)27)15(30)23-9(5-24)16(31)32/h6-9,24H,1-5,17H2,(H2,18,25)(H2,19,26)(H2,20,27)(H,21,28)(H,22,29)(H,23,30)(H,31,32). The lowest BCUT2D eigenvalue weighted by atomic mass is 10.1. The number of carboxylic acids is 1. The molecular weight excluding hydrogens is 434 g/mol. The average Bonchev–Trinajstić information content (AvgIpc) is 2.66. The van der Waals surface area contributed by atoms with Crippen LogP contribution in [0.1, 0.15) is 25.7 Å². The quantitative estimate of drug-likeness (QED) is 0.111. The molecule has 0 fully saturated rings. The highest BCUT2D eigenvalue weighted by atomic mass is 16.4. The third-order valence-electron chi connectivity index (χ3n) is 3.91. The molecule has 0 saturated heterocycles. The number of carboxylic acid groups (broad SMARTS) is 1. The van der Waals surface area contributed by atoms with Crippen LogP contribution >= 0.6 is 0 Å². The van der Waals surface area contributed by atoms with E-state index in [9.17, 15) is 33.6 Å². The van der Waals surface area contributed by atoms with Crippen LogP contribution in [0.5, 0.6) is 0 Å². The van der Waals surface area contributed by atoms with Crippen molar-refractivity contribution in [3.63, 3.8) is 0 Å². The average molecular weight is 461 g/mol. The molecule has 0 aromatic rings. The minimum atomic E-state index is -1.73. The van der Waals surface area contributed by atoms with E-state index in [1.165, 1.54) is 0 Å². The Balaban J connectivity index is 5.51. The summed E-state index contributed by atoms with van der Waals surface area (Å²) in [5.74, 6) is -7.54. The van der Waals surface area contributed by atoms with E-state index in [-0.39, 0.29) is 12.8 Å². The Morgan fingerprint density at radius 2 is 1.16 bits per heavy atom. The lowest BCUT2D eigenvalue weighted by Gasteiger charge is -2.24. The van der Waals surface area contributed by atoms with Crippen LogP contribution in [0, 0.1) is 0 Å². The maximum absolute atomic E-state index is 12.6. The van der Waals surface area contributed by atoms with Gasteiger partial charge < -0.3 is 49.1 Å². The first kappa shape index (κ1) is 28.2. The molecule has 0 bridgehead atoms. The van der Waals surface area contributed by atoms with Crippen molar-refractivity contribution in [2.24, 2.45) is 22.9 Å². The molecule has 16 heteroatoms. The van der Waals surface area contributed by atoms with Crippen molar-refractivity contribution in [3.8, 4) is 0 Å². The SMILES string of the molecule is NC(=O)CCC(NC(=O)C(N)CC(N)=O)C(=O)NC(CC(N)=O)C(=O)NC(CO)C(=O)O. The van der Waals surface area contributed by atoms with Crippen molar-refractivity contribution in [2.75, 3.05) is 6.61 Å². The summed E-state index contributed by atoms with van der Waals surface area (Å²) in [5, 5.41) is 24.1. The van der Waals surface area contributed by atoms with Gasteiger partial charge in [-0.05, 0) is 6.42 Å². The number of aliphatic carboxylic acids is 1. The predicted octanol–water partition coefficient (Wildman–Crippen LogP) is -6.14. The molecule has 0 aliphatic rings. The van der Waals surface area contributed by atoms with Gasteiger partial charge in [0.1, 0.15) is 18.1 Å². The number of hydrogen-bond donors (Lipinski definition) is 9. The van der Waals surface area contributed by atoms with Crippen LogP contribution in [-0.2, 0) is 33.6 Å². The van der Waals surface area contributed by atoms with Crippen molar-refractivity contribution in [1.29, 1.82) is 0 Å². The maximum atomic E-state index is 12.6. The molecule has 0 aliphatic heterocycles. The summed E-state index contributed by atoms with van der Waals surface area (Å²) in [6, 6.07) is -6.31. The highest BCUT2D eigenvalue weighted by Crippen LogP contribution is 2.02. The second-order valence-corrected chi connectivity index (χ2v) is 6.66. The highest BCUT2D eigenvalue weighted by Gasteiger charge is 2.31. The number of nitrogens with two attached hydrogens (primary N) is 4. The third kappa shape index (κ3) is 10.8. The topological polar surface area (TPSA) is 300 Å². The first-order valence-electron chi connectivity index (χ1n) is 9.13. The molecule has 13 N–H and O–H groups in total. The van der Waals surface area contributed by atoms with E-state index >= 15 is 0 Å². The molecule has 4 unspecified atom stereocenters. The molecule has 0 spiro atoms. The minimum absolute atomic E-state index is 0.338. The summed E-state index contributed by atoms with van der Waals surface area (Å²) in [4.78, 5) is 81.2. The number of nitrogens with one attached hydrogen (secondary N) is 3. The predicted molar refractivity (Wildman–Crippen MR) is 105 cm³/mol. The van der Waals surface area contributed by atoms with Gasteiger partial charge in [0, 0.05) is 6.42 Å². The molecule has 16 nitrogen and oxygen atoms in total. The fourth-order valence-corrected chi connectivity index (χ4v) is 2.28. The number of carbonyl (C=O) groups is 7. The monoisotopic (exact) mass is 461 g/mol. The molecule has 4 atom stereocenters. The Morgan fingerprint density at radius 3 is 1.59 bits per heavy atom. The summed E-state index contributed by atoms with van der Waals surface area (Å²) in [5.41, 5.74) is 20.5. The third-order valence-corrected chi connectivity index (χ3v) is 3.91. The van der Waals surface area contributed by atoms with Crippen LogP contribution in [0.2, 0.25) is 0 Å². The summed E-state index contributed by atoms with van der Waals surface area (Å²) in [6.07, 6.45) is -2.01. The number of primary amides is 3. The number of amides is 6. The molecule has 0 aromatic carbocycles. The zero-order valence-electron chi connectivity index (χ0n) is 16.9. The van der Waals surface area contributed by atoms with E-state index < -0.39 is 85.0 Å². The zero-order chi connectivity index (χ0) is 25.0. The van der Waals surface area contributed by atoms with E-state index in [1.54, 1.807) is 0 Å². The molecule has 32 heavy (non-hydrogen) atoms. The van der Waals surface area contributed by atoms with Crippen LogP contribution < -0.4 is 38.9 Å². The maximum Gasteiger partial charge on any atom is 0.328 e. The lowest BCUT2D eigenvalue weighted by molar-refractivity contribution is -0.143. The Kier molecular flexibility index (Phi) is 11.9. The van der Waals surface area contributed by atoms with Crippen LogP contribution in [0.15, 0.2) is 0 Å². The van der Waals surface area contributed by atoms with Gasteiger partial charge in [-0.15, -0.1) is 0 Å². The highest BCUT2D eigenvalue weighted by molar-refractivity contribution is 5.96. The summed E-state index contributed by atoms with van der Waals surface area (Å²) in [6.45, 7) is -0.979.